The molecule has 0 aliphatic carbocycles. The maximum Gasteiger partial charge on any atom is 0.416 e. The Hall–Kier alpha value is -2.44. The molecule has 4 nitrogen and oxygen atoms in total. The van der Waals surface area contributed by atoms with E-state index in [0.717, 1.165) is 12.1 Å². The first-order valence-corrected chi connectivity index (χ1v) is 6.19. The van der Waals surface area contributed by atoms with Crippen molar-refractivity contribution in [2.24, 2.45) is 0 Å². The second-order valence-electron chi connectivity index (χ2n) is 4.46. The number of carbonyl (C=O) groups excluding carboxylic acids is 1. The van der Waals surface area contributed by atoms with Gasteiger partial charge < -0.3 is 14.1 Å². The predicted molar refractivity (Wildman–Crippen MR) is 69.0 cm³/mol. The van der Waals surface area contributed by atoms with Gasteiger partial charge in [-0.25, -0.2) is 4.79 Å². The number of furan rings is 1. The van der Waals surface area contributed by atoms with Crippen LogP contribution in [0, 0.1) is 0 Å². The minimum Gasteiger partial charge on any atom is -0.460 e. The number of carbonyl (C=O) groups is 1. The highest BCUT2D eigenvalue weighted by molar-refractivity contribution is 6.06. The van der Waals surface area contributed by atoms with E-state index in [-0.39, 0.29) is 12.4 Å². The third-order valence-corrected chi connectivity index (χ3v) is 3.07. The van der Waals surface area contributed by atoms with E-state index >= 15 is 0 Å². The van der Waals surface area contributed by atoms with Crippen molar-refractivity contribution < 1.29 is 27.1 Å². The van der Waals surface area contributed by atoms with Gasteiger partial charge in [-0.05, 0) is 25.1 Å². The summed E-state index contributed by atoms with van der Waals surface area (Å²) in [6.07, 6.45) is -4.41. The van der Waals surface area contributed by atoms with Crippen LogP contribution in [-0.4, -0.2) is 17.6 Å². The molecule has 0 atom stereocenters. The Kier molecular flexibility index (Phi) is 2.93. The van der Waals surface area contributed by atoms with Crippen molar-refractivity contribution in [1.82, 2.24) is 4.98 Å². The summed E-state index contributed by atoms with van der Waals surface area (Å²) in [4.78, 5) is 14.4. The molecule has 0 radical (unpaired) electrons. The van der Waals surface area contributed by atoms with Crippen LogP contribution in [-0.2, 0) is 10.9 Å². The van der Waals surface area contributed by atoms with Crippen LogP contribution in [0.25, 0.3) is 22.0 Å². The lowest BCUT2D eigenvalue weighted by atomic mass is 10.1. The first-order chi connectivity index (χ1) is 9.90. The van der Waals surface area contributed by atoms with E-state index in [0.29, 0.717) is 22.0 Å². The van der Waals surface area contributed by atoms with E-state index in [1.807, 2.05) is 0 Å². The smallest absolute Gasteiger partial charge is 0.416 e. The first kappa shape index (κ1) is 13.5. The number of ether oxygens (including phenoxy) is 1. The molecule has 0 unspecified atom stereocenters. The number of rotatable bonds is 2. The second-order valence-corrected chi connectivity index (χ2v) is 4.46. The number of H-pyrrole nitrogens is 1. The molecule has 3 rings (SSSR count). The maximum atomic E-state index is 12.7. The Labute approximate surface area is 116 Å². The van der Waals surface area contributed by atoms with Gasteiger partial charge in [-0.3, -0.25) is 0 Å². The van der Waals surface area contributed by atoms with E-state index in [1.165, 1.54) is 12.1 Å². The van der Waals surface area contributed by atoms with Gasteiger partial charge in [-0.1, -0.05) is 0 Å². The number of aromatic amines is 1. The average Bonchev–Trinajstić information content (AvgIpc) is 2.94. The molecule has 0 amide bonds. The largest absolute Gasteiger partial charge is 0.460 e. The van der Waals surface area contributed by atoms with Crippen molar-refractivity contribution in [2.45, 2.75) is 13.1 Å². The van der Waals surface area contributed by atoms with Crippen molar-refractivity contribution >= 4 is 28.0 Å². The normalized spacial score (nSPS) is 12.2. The van der Waals surface area contributed by atoms with E-state index in [4.69, 9.17) is 9.15 Å². The van der Waals surface area contributed by atoms with Gasteiger partial charge in [-0.15, -0.1) is 0 Å². The number of aromatic nitrogens is 1. The average molecular weight is 297 g/mol. The highest BCUT2D eigenvalue weighted by Gasteiger charge is 2.31. The van der Waals surface area contributed by atoms with Gasteiger partial charge in [0.15, 0.2) is 5.58 Å². The monoisotopic (exact) mass is 297 g/mol. The van der Waals surface area contributed by atoms with Crippen molar-refractivity contribution in [3.05, 3.63) is 35.6 Å². The molecule has 0 saturated heterocycles. The summed E-state index contributed by atoms with van der Waals surface area (Å²) in [6, 6.07) is 4.72. The number of esters is 1. The lowest BCUT2D eigenvalue weighted by molar-refractivity contribution is -0.137. The van der Waals surface area contributed by atoms with Gasteiger partial charge in [0.1, 0.15) is 0 Å². The molecule has 0 bridgehead atoms. The molecule has 0 spiro atoms. The lowest BCUT2D eigenvalue weighted by Crippen LogP contribution is -2.04. The predicted octanol–water partition coefficient (Wildman–Crippen LogP) is 4.11. The second kappa shape index (κ2) is 4.54. The zero-order chi connectivity index (χ0) is 15.2. The van der Waals surface area contributed by atoms with Crippen LogP contribution >= 0.6 is 0 Å². The third-order valence-electron chi connectivity index (χ3n) is 3.07. The van der Waals surface area contributed by atoms with Gasteiger partial charge in [-0.2, -0.15) is 13.2 Å². The van der Waals surface area contributed by atoms with E-state index < -0.39 is 17.7 Å². The molecule has 0 saturated carbocycles. The fourth-order valence-electron chi connectivity index (χ4n) is 2.15. The van der Waals surface area contributed by atoms with Crippen molar-refractivity contribution in [2.75, 3.05) is 6.61 Å². The number of fused-ring (bicyclic) bond motifs is 3. The van der Waals surface area contributed by atoms with Crippen LogP contribution in [0.3, 0.4) is 0 Å². The Bertz CT molecular complexity index is 829. The minimum atomic E-state index is -4.41. The number of benzene rings is 1. The third kappa shape index (κ3) is 2.24. The fraction of sp³-hybridized carbons (Fsp3) is 0.214. The summed E-state index contributed by atoms with van der Waals surface area (Å²) in [7, 11) is 0. The number of halogens is 3. The van der Waals surface area contributed by atoms with Crippen molar-refractivity contribution in [3.63, 3.8) is 0 Å². The standard InChI is InChI=1S/C14H10F3NO3/c1-2-20-13(19)11-6-10-12(21-11)8-4-3-7(14(15,16)17)5-9(8)18-10/h3-6,18H,2H2,1H3. The highest BCUT2D eigenvalue weighted by atomic mass is 19.4. The first-order valence-electron chi connectivity index (χ1n) is 6.19. The van der Waals surface area contributed by atoms with Gasteiger partial charge in [0.05, 0.1) is 23.2 Å². The number of nitrogens with one attached hydrogen (secondary N) is 1. The Balaban J connectivity index is 2.11. The molecule has 0 fully saturated rings. The number of alkyl halides is 3. The summed E-state index contributed by atoms with van der Waals surface area (Å²) in [5.41, 5.74) is 0.340. The molecule has 0 aliphatic rings. The van der Waals surface area contributed by atoms with E-state index in [9.17, 15) is 18.0 Å². The lowest BCUT2D eigenvalue weighted by Gasteiger charge is -2.05. The Morgan fingerprint density at radius 1 is 1.29 bits per heavy atom. The molecule has 7 heteroatoms. The number of hydrogen-bond acceptors (Lipinski definition) is 3. The Morgan fingerprint density at radius 2 is 2.05 bits per heavy atom. The SMILES string of the molecule is CCOC(=O)c1cc2[nH]c3cc(C(F)(F)F)ccc3c2o1. The van der Waals surface area contributed by atoms with Crippen LogP contribution in [0.5, 0.6) is 0 Å². The van der Waals surface area contributed by atoms with Crippen LogP contribution in [0.4, 0.5) is 13.2 Å². The summed E-state index contributed by atoms with van der Waals surface area (Å²) in [5.74, 6) is -0.595. The quantitative estimate of drug-likeness (QED) is 0.724. The van der Waals surface area contributed by atoms with Crippen LogP contribution in [0.2, 0.25) is 0 Å². The van der Waals surface area contributed by atoms with E-state index in [1.54, 1.807) is 6.92 Å². The summed E-state index contributed by atoms with van der Waals surface area (Å²) < 4.78 is 48.1. The molecule has 2 heterocycles. The van der Waals surface area contributed by atoms with Crippen LogP contribution < -0.4 is 0 Å². The van der Waals surface area contributed by atoms with Gasteiger partial charge in [0.2, 0.25) is 5.76 Å². The van der Waals surface area contributed by atoms with Crippen molar-refractivity contribution in [1.29, 1.82) is 0 Å². The molecule has 1 aromatic carbocycles. The molecule has 3 aromatic rings. The summed E-state index contributed by atoms with van der Waals surface area (Å²) in [5, 5.41) is 0.480. The summed E-state index contributed by atoms with van der Waals surface area (Å²) >= 11 is 0. The molecule has 110 valence electrons. The fourth-order valence-corrected chi connectivity index (χ4v) is 2.15. The van der Waals surface area contributed by atoms with Crippen LogP contribution in [0.1, 0.15) is 23.0 Å². The zero-order valence-corrected chi connectivity index (χ0v) is 10.9. The summed E-state index contributed by atoms with van der Waals surface area (Å²) in [6.45, 7) is 1.88. The molecule has 0 aliphatic heterocycles. The molecule has 21 heavy (non-hydrogen) atoms. The molecular weight excluding hydrogens is 287 g/mol. The maximum absolute atomic E-state index is 12.7. The molecule has 1 N–H and O–H groups in total. The topological polar surface area (TPSA) is 55.2 Å². The molecular formula is C14H10F3NO3. The minimum absolute atomic E-state index is 0.0138. The van der Waals surface area contributed by atoms with Gasteiger partial charge >= 0.3 is 12.1 Å². The van der Waals surface area contributed by atoms with Gasteiger partial charge in [0.25, 0.3) is 0 Å². The van der Waals surface area contributed by atoms with Gasteiger partial charge in [0, 0.05) is 11.5 Å². The highest BCUT2D eigenvalue weighted by Crippen LogP contribution is 2.34. The van der Waals surface area contributed by atoms with Crippen molar-refractivity contribution in [3.8, 4) is 0 Å². The zero-order valence-electron chi connectivity index (χ0n) is 10.9. The Morgan fingerprint density at radius 3 is 2.71 bits per heavy atom. The van der Waals surface area contributed by atoms with E-state index in [2.05, 4.69) is 4.98 Å². The van der Waals surface area contributed by atoms with Crippen LogP contribution in [0.15, 0.2) is 28.7 Å². The molecule has 2 aromatic heterocycles. The number of hydrogen-bond donors (Lipinski definition) is 1.